The molecule has 0 unspecified atom stereocenters. The minimum atomic E-state index is -0.623. The monoisotopic (exact) mass is 480 g/mol. The zero-order chi connectivity index (χ0) is 25.1. The number of aromatic nitrogens is 2. The van der Waals surface area contributed by atoms with E-state index in [0.717, 1.165) is 23.8 Å². The number of nitrogens with one attached hydrogen (secondary N) is 1. The lowest BCUT2D eigenvalue weighted by Crippen LogP contribution is -2.29. The molecule has 9 heteroatoms. The zero-order valence-corrected chi connectivity index (χ0v) is 20.7. The van der Waals surface area contributed by atoms with E-state index in [1.54, 1.807) is 12.1 Å². The van der Waals surface area contributed by atoms with Crippen LogP contribution in [0.4, 0.5) is 20.4 Å². The van der Waals surface area contributed by atoms with Gasteiger partial charge in [-0.05, 0) is 46.0 Å². The van der Waals surface area contributed by atoms with Crippen molar-refractivity contribution < 1.29 is 13.5 Å². The fourth-order valence-electron chi connectivity index (χ4n) is 3.89. The summed E-state index contributed by atoms with van der Waals surface area (Å²) < 4.78 is 35.6. The Morgan fingerprint density at radius 1 is 1.11 bits per heavy atom. The van der Waals surface area contributed by atoms with Crippen molar-refractivity contribution in [2.75, 3.05) is 51.0 Å². The number of allylic oxidation sites excluding steroid dienone is 2. The van der Waals surface area contributed by atoms with Crippen molar-refractivity contribution in [3.8, 4) is 11.8 Å². The normalized spacial score (nSPS) is 14.8. The summed E-state index contributed by atoms with van der Waals surface area (Å²) in [6.07, 6.45) is 7.92. The van der Waals surface area contributed by atoms with E-state index in [1.807, 2.05) is 58.1 Å². The maximum atomic E-state index is 15.2. The molecule has 0 saturated heterocycles. The molecule has 0 fully saturated rings. The van der Waals surface area contributed by atoms with Crippen LogP contribution in [0.15, 0.2) is 46.5 Å². The van der Waals surface area contributed by atoms with E-state index >= 15 is 4.39 Å². The first kappa shape index (κ1) is 24.5. The Balaban J connectivity index is 1.66. The Bertz CT molecular complexity index is 1250. The molecule has 0 radical (unpaired) electrons. The molecule has 0 saturated carbocycles. The number of rotatable bonds is 8. The first-order valence-corrected chi connectivity index (χ1v) is 11.5. The first-order valence-electron chi connectivity index (χ1n) is 11.5. The SMILES string of the molecule is C/C=C/C1=CC(Nc2cc(N(C)CCN(C)C)nc(Oc3cc(F)c4c(c3F)C=C(C)C4)n2)=NC1. The number of likely N-dealkylation sites (N-methyl/N-ethyl adjacent to an activating group) is 2. The summed E-state index contributed by atoms with van der Waals surface area (Å²) in [5.74, 6) is 0.287. The van der Waals surface area contributed by atoms with Crippen LogP contribution in [0.2, 0.25) is 0 Å². The van der Waals surface area contributed by atoms with Crippen molar-refractivity contribution in [2.24, 2.45) is 4.99 Å². The van der Waals surface area contributed by atoms with E-state index < -0.39 is 11.6 Å². The lowest BCUT2D eigenvalue weighted by molar-refractivity contribution is 0.404. The van der Waals surface area contributed by atoms with Crippen molar-refractivity contribution in [2.45, 2.75) is 20.3 Å². The van der Waals surface area contributed by atoms with Gasteiger partial charge in [0.25, 0.3) is 0 Å². The van der Waals surface area contributed by atoms with Gasteiger partial charge in [-0.25, -0.2) is 8.78 Å². The fraction of sp³-hybridized carbons (Fsp3) is 0.346. The van der Waals surface area contributed by atoms with Gasteiger partial charge < -0.3 is 19.9 Å². The lowest BCUT2D eigenvalue weighted by Gasteiger charge is -2.21. The van der Waals surface area contributed by atoms with Crippen molar-refractivity contribution in [1.82, 2.24) is 14.9 Å². The summed E-state index contributed by atoms with van der Waals surface area (Å²) in [6, 6.07) is 2.75. The van der Waals surface area contributed by atoms with E-state index in [1.165, 1.54) is 0 Å². The quantitative estimate of drug-likeness (QED) is 0.584. The molecule has 2 aliphatic rings. The van der Waals surface area contributed by atoms with Crippen molar-refractivity contribution >= 4 is 23.5 Å². The molecule has 1 aliphatic carbocycles. The van der Waals surface area contributed by atoms with Crippen LogP contribution in [0.25, 0.3) is 6.08 Å². The highest BCUT2D eigenvalue weighted by molar-refractivity contribution is 6.05. The zero-order valence-electron chi connectivity index (χ0n) is 20.7. The highest BCUT2D eigenvalue weighted by Gasteiger charge is 2.24. The van der Waals surface area contributed by atoms with Crippen LogP contribution < -0.4 is 15.0 Å². The second-order valence-corrected chi connectivity index (χ2v) is 9.00. The van der Waals surface area contributed by atoms with Crippen LogP contribution in [0, 0.1) is 11.6 Å². The van der Waals surface area contributed by atoms with Crippen LogP contribution in [0.5, 0.6) is 11.8 Å². The van der Waals surface area contributed by atoms with E-state index in [0.29, 0.717) is 42.5 Å². The van der Waals surface area contributed by atoms with Crippen molar-refractivity contribution in [1.29, 1.82) is 0 Å². The third kappa shape index (κ3) is 5.74. The van der Waals surface area contributed by atoms with Gasteiger partial charge in [-0.2, -0.15) is 9.97 Å². The number of fused-ring (bicyclic) bond motifs is 1. The first-order chi connectivity index (χ1) is 16.7. The van der Waals surface area contributed by atoms with Crippen LogP contribution in [0.3, 0.4) is 0 Å². The largest absolute Gasteiger partial charge is 0.421 e. The summed E-state index contributed by atoms with van der Waals surface area (Å²) in [7, 11) is 5.88. The second-order valence-electron chi connectivity index (χ2n) is 9.00. The standard InChI is InChI=1S/C26H30F2N6O/c1-6-7-17-12-22(29-15-17)30-23-14-24(34(5)9-8-33(3)4)32-26(31-23)35-21-13-20(27)18-10-16(2)11-19(18)25(21)28/h6-7,11-14H,8-10,15H2,1-5H3,(H,29,30,31,32)/b7-6+. The molecule has 0 amide bonds. The van der Waals surface area contributed by atoms with Crippen LogP contribution in [0.1, 0.15) is 25.0 Å². The number of aliphatic imine (C=N–C) groups is 1. The molecular formula is C26H30F2N6O. The molecule has 184 valence electrons. The van der Waals surface area contributed by atoms with E-state index in [-0.39, 0.29) is 17.3 Å². The molecule has 2 heterocycles. The lowest BCUT2D eigenvalue weighted by atomic mass is 10.1. The molecule has 1 aromatic heterocycles. The summed E-state index contributed by atoms with van der Waals surface area (Å²) in [5.41, 5.74) is 2.53. The molecular weight excluding hydrogens is 450 g/mol. The minimum absolute atomic E-state index is 0.0881. The minimum Gasteiger partial charge on any atom is -0.421 e. The van der Waals surface area contributed by atoms with Crippen molar-refractivity contribution in [3.63, 3.8) is 0 Å². The van der Waals surface area contributed by atoms with Gasteiger partial charge in [0.2, 0.25) is 0 Å². The van der Waals surface area contributed by atoms with E-state index in [2.05, 4.69) is 25.2 Å². The Morgan fingerprint density at radius 3 is 2.66 bits per heavy atom. The molecule has 1 aliphatic heterocycles. The molecule has 2 aromatic rings. The molecule has 1 aromatic carbocycles. The second kappa shape index (κ2) is 10.4. The topological polar surface area (TPSA) is 65.9 Å². The Hall–Kier alpha value is -3.59. The predicted molar refractivity (Wildman–Crippen MR) is 136 cm³/mol. The van der Waals surface area contributed by atoms with Crippen LogP contribution >= 0.6 is 0 Å². The number of benzene rings is 1. The Kier molecular flexibility index (Phi) is 7.25. The number of ether oxygens (including phenoxy) is 1. The smallest absolute Gasteiger partial charge is 0.326 e. The number of amidine groups is 1. The van der Waals surface area contributed by atoms with Crippen LogP contribution in [-0.4, -0.2) is 61.5 Å². The Labute approximate surface area is 204 Å². The van der Waals surface area contributed by atoms with Crippen LogP contribution in [-0.2, 0) is 6.42 Å². The summed E-state index contributed by atoms with van der Waals surface area (Å²) >= 11 is 0. The van der Waals surface area contributed by atoms with E-state index in [4.69, 9.17) is 4.74 Å². The number of nitrogens with zero attached hydrogens (tertiary/aromatic N) is 5. The number of hydrogen-bond acceptors (Lipinski definition) is 7. The van der Waals surface area contributed by atoms with Crippen molar-refractivity contribution in [3.05, 3.63) is 64.3 Å². The molecule has 7 nitrogen and oxygen atoms in total. The predicted octanol–water partition coefficient (Wildman–Crippen LogP) is 4.83. The summed E-state index contributed by atoms with van der Waals surface area (Å²) in [4.78, 5) is 17.4. The fourth-order valence-corrected chi connectivity index (χ4v) is 3.89. The third-order valence-corrected chi connectivity index (χ3v) is 5.73. The molecule has 4 rings (SSSR count). The van der Waals surface area contributed by atoms with E-state index in [9.17, 15) is 4.39 Å². The number of hydrogen-bond donors (Lipinski definition) is 1. The van der Waals surface area contributed by atoms with Gasteiger partial charge in [0.1, 0.15) is 23.3 Å². The maximum absolute atomic E-state index is 15.2. The highest BCUT2D eigenvalue weighted by atomic mass is 19.1. The third-order valence-electron chi connectivity index (χ3n) is 5.73. The summed E-state index contributed by atoms with van der Waals surface area (Å²) in [6.45, 7) is 5.87. The number of anilines is 2. The number of halogens is 2. The molecule has 0 bridgehead atoms. The highest BCUT2D eigenvalue weighted by Crippen LogP contribution is 2.36. The summed E-state index contributed by atoms with van der Waals surface area (Å²) in [5, 5.41) is 3.18. The van der Waals surface area contributed by atoms with Gasteiger partial charge in [0, 0.05) is 43.4 Å². The molecule has 0 atom stereocenters. The van der Waals surface area contributed by atoms with Gasteiger partial charge in [-0.15, -0.1) is 0 Å². The van der Waals surface area contributed by atoms with Gasteiger partial charge in [-0.3, -0.25) is 4.99 Å². The molecule has 0 spiro atoms. The maximum Gasteiger partial charge on any atom is 0.326 e. The average molecular weight is 481 g/mol. The van der Waals surface area contributed by atoms with Gasteiger partial charge >= 0.3 is 6.01 Å². The molecule has 1 N–H and O–H groups in total. The van der Waals surface area contributed by atoms with Gasteiger partial charge in [-0.1, -0.05) is 23.8 Å². The average Bonchev–Trinajstić information content (AvgIpc) is 3.42. The van der Waals surface area contributed by atoms with Gasteiger partial charge in [0.05, 0.1) is 6.54 Å². The van der Waals surface area contributed by atoms with Gasteiger partial charge in [0.15, 0.2) is 11.6 Å². The molecule has 35 heavy (non-hydrogen) atoms. The Morgan fingerprint density at radius 2 is 1.91 bits per heavy atom.